The van der Waals surface area contributed by atoms with E-state index in [2.05, 4.69) is 10.6 Å². The Labute approximate surface area is 238 Å². The Morgan fingerprint density at radius 1 is 1.07 bits per heavy atom. The molecule has 1 fully saturated rings. The minimum Gasteiger partial charge on any atom is -0.497 e. The summed E-state index contributed by atoms with van der Waals surface area (Å²) >= 11 is 0. The van der Waals surface area contributed by atoms with Crippen LogP contribution in [0.25, 0.3) is 0 Å². The van der Waals surface area contributed by atoms with Crippen LogP contribution in [-0.4, -0.2) is 61.9 Å². The van der Waals surface area contributed by atoms with E-state index in [9.17, 15) is 14.4 Å². The third kappa shape index (κ3) is 8.31. The van der Waals surface area contributed by atoms with E-state index >= 15 is 0 Å². The Bertz CT molecular complexity index is 1160. The summed E-state index contributed by atoms with van der Waals surface area (Å²) in [5, 5.41) is 6.21. The first-order valence-electron chi connectivity index (χ1n) is 14.4. The second-order valence-corrected chi connectivity index (χ2v) is 11.1. The SMILES string of the molecule is CCOc1cc(OC)ccc1CNCC(=O)N1CCCC(c2cccc(C(=O)N[C@H](C(=O)C(C)C)C(C)C)c2)C1. The molecule has 3 rings (SSSR count). The van der Waals surface area contributed by atoms with Gasteiger partial charge in [-0.05, 0) is 49.4 Å². The summed E-state index contributed by atoms with van der Waals surface area (Å²) in [6.45, 7) is 12.1. The number of Topliss-reactive ketones (excluding diaryl/α,β-unsaturated/α-hetero) is 1. The number of amides is 2. The third-order valence-electron chi connectivity index (χ3n) is 7.39. The van der Waals surface area contributed by atoms with Crippen LogP contribution in [-0.2, 0) is 16.1 Å². The summed E-state index contributed by atoms with van der Waals surface area (Å²) in [5.41, 5.74) is 2.54. The van der Waals surface area contributed by atoms with E-state index in [0.29, 0.717) is 25.3 Å². The van der Waals surface area contributed by atoms with Gasteiger partial charge in [-0.3, -0.25) is 14.4 Å². The molecule has 2 aromatic carbocycles. The molecule has 0 radical (unpaired) electrons. The van der Waals surface area contributed by atoms with Crippen molar-refractivity contribution in [2.75, 3.05) is 33.4 Å². The molecule has 1 aliphatic heterocycles. The number of methoxy groups -OCH3 is 1. The first-order valence-corrected chi connectivity index (χ1v) is 14.4. The molecule has 1 heterocycles. The molecular weight excluding hydrogens is 506 g/mol. The van der Waals surface area contributed by atoms with E-state index in [1.165, 1.54) is 0 Å². The lowest BCUT2D eigenvalue weighted by atomic mass is 9.89. The van der Waals surface area contributed by atoms with Crippen LogP contribution in [0.1, 0.15) is 74.9 Å². The standard InChI is InChI=1S/C32H45N3O5/c1-7-40-28-17-27(39-6)14-13-25(28)18-33-19-29(36)35-15-9-12-26(20-35)23-10-8-11-24(16-23)32(38)34-30(21(2)3)31(37)22(4)5/h8,10-11,13-14,16-17,21-22,26,30,33H,7,9,12,15,18-20H2,1-6H3,(H,34,38)/t26?,30-/m0/s1. The van der Waals surface area contributed by atoms with Crippen LogP contribution in [0.15, 0.2) is 42.5 Å². The van der Waals surface area contributed by atoms with Crippen molar-refractivity contribution in [2.45, 2.75) is 66.0 Å². The molecule has 1 unspecified atom stereocenters. The fourth-order valence-electron chi connectivity index (χ4n) is 5.07. The molecule has 0 aliphatic carbocycles. The van der Waals surface area contributed by atoms with Gasteiger partial charge in [0.2, 0.25) is 5.91 Å². The highest BCUT2D eigenvalue weighted by Crippen LogP contribution is 2.28. The molecule has 8 heteroatoms. The zero-order valence-corrected chi connectivity index (χ0v) is 24.8. The number of nitrogens with zero attached hydrogens (tertiary/aromatic N) is 1. The van der Waals surface area contributed by atoms with E-state index in [-0.39, 0.29) is 41.9 Å². The molecule has 0 aromatic heterocycles. The summed E-state index contributed by atoms with van der Waals surface area (Å²) in [6, 6.07) is 12.8. The lowest BCUT2D eigenvalue weighted by Crippen LogP contribution is -2.46. The molecule has 2 N–H and O–H groups in total. The number of carbonyl (C=O) groups is 3. The monoisotopic (exact) mass is 551 g/mol. The summed E-state index contributed by atoms with van der Waals surface area (Å²) < 4.78 is 11.0. The minimum absolute atomic E-state index is 0.00374. The van der Waals surface area contributed by atoms with Crippen molar-refractivity contribution < 1.29 is 23.9 Å². The van der Waals surface area contributed by atoms with Crippen molar-refractivity contribution in [1.29, 1.82) is 0 Å². The van der Waals surface area contributed by atoms with Crippen LogP contribution in [0.3, 0.4) is 0 Å². The van der Waals surface area contributed by atoms with Crippen LogP contribution in [0.4, 0.5) is 0 Å². The van der Waals surface area contributed by atoms with Gasteiger partial charge in [0.25, 0.3) is 5.91 Å². The summed E-state index contributed by atoms with van der Waals surface area (Å²) in [6.07, 6.45) is 1.85. The number of ether oxygens (including phenoxy) is 2. The molecule has 0 bridgehead atoms. The van der Waals surface area contributed by atoms with Gasteiger partial charge < -0.3 is 25.0 Å². The quantitative estimate of drug-likeness (QED) is 0.379. The molecule has 1 saturated heterocycles. The average molecular weight is 552 g/mol. The third-order valence-corrected chi connectivity index (χ3v) is 7.39. The maximum absolute atomic E-state index is 13.1. The van der Waals surface area contributed by atoms with Gasteiger partial charge in [0.15, 0.2) is 5.78 Å². The van der Waals surface area contributed by atoms with Crippen molar-refractivity contribution in [3.8, 4) is 11.5 Å². The maximum atomic E-state index is 13.1. The predicted molar refractivity (Wildman–Crippen MR) is 157 cm³/mol. The highest BCUT2D eigenvalue weighted by atomic mass is 16.5. The first kappa shape index (κ1) is 31.1. The number of ketones is 1. The smallest absolute Gasteiger partial charge is 0.251 e. The molecule has 218 valence electrons. The van der Waals surface area contributed by atoms with Crippen LogP contribution in [0.5, 0.6) is 11.5 Å². The first-order chi connectivity index (χ1) is 19.1. The molecule has 2 amide bonds. The molecule has 8 nitrogen and oxygen atoms in total. The Morgan fingerprint density at radius 2 is 1.85 bits per heavy atom. The number of benzene rings is 2. The molecule has 40 heavy (non-hydrogen) atoms. The molecule has 2 atom stereocenters. The number of likely N-dealkylation sites (tertiary alicyclic amines) is 1. The lowest BCUT2D eigenvalue weighted by Gasteiger charge is -2.33. The Morgan fingerprint density at radius 3 is 2.52 bits per heavy atom. The van der Waals surface area contributed by atoms with Crippen LogP contribution in [0, 0.1) is 11.8 Å². The van der Waals surface area contributed by atoms with Gasteiger partial charge in [0.05, 0.1) is 26.3 Å². The molecule has 0 spiro atoms. The fraction of sp³-hybridized carbons (Fsp3) is 0.531. The number of piperidine rings is 1. The largest absolute Gasteiger partial charge is 0.497 e. The second-order valence-electron chi connectivity index (χ2n) is 11.1. The van der Waals surface area contributed by atoms with Crippen LogP contribution < -0.4 is 20.1 Å². The highest BCUT2D eigenvalue weighted by molar-refractivity contribution is 5.98. The summed E-state index contributed by atoms with van der Waals surface area (Å²) in [4.78, 5) is 40.7. The van der Waals surface area contributed by atoms with Gasteiger partial charge in [-0.2, -0.15) is 0 Å². The van der Waals surface area contributed by atoms with Crippen molar-refractivity contribution in [3.63, 3.8) is 0 Å². The zero-order chi connectivity index (χ0) is 29.2. The van der Waals surface area contributed by atoms with E-state index in [1.54, 1.807) is 13.2 Å². The Kier molecular flexibility index (Phi) is 11.6. The zero-order valence-electron chi connectivity index (χ0n) is 24.8. The molecular formula is C32H45N3O5. The normalized spacial score (nSPS) is 16.1. The van der Waals surface area contributed by atoms with Crippen molar-refractivity contribution in [2.24, 2.45) is 11.8 Å². The number of hydrogen-bond donors (Lipinski definition) is 2. The summed E-state index contributed by atoms with van der Waals surface area (Å²) in [7, 11) is 1.62. The second kappa shape index (κ2) is 14.8. The Balaban J connectivity index is 1.60. The molecule has 2 aromatic rings. The number of carbonyl (C=O) groups excluding carboxylic acids is 3. The maximum Gasteiger partial charge on any atom is 0.251 e. The van der Waals surface area contributed by atoms with Gasteiger partial charge in [-0.15, -0.1) is 0 Å². The average Bonchev–Trinajstić information content (AvgIpc) is 2.96. The van der Waals surface area contributed by atoms with Crippen LogP contribution in [0.2, 0.25) is 0 Å². The Hall–Kier alpha value is -3.39. The number of rotatable bonds is 13. The summed E-state index contributed by atoms with van der Waals surface area (Å²) in [5.74, 6) is 1.33. The van der Waals surface area contributed by atoms with Gasteiger partial charge in [0, 0.05) is 48.7 Å². The minimum atomic E-state index is -0.519. The van der Waals surface area contributed by atoms with Gasteiger partial charge in [0.1, 0.15) is 11.5 Å². The molecule has 1 aliphatic rings. The van der Waals surface area contributed by atoms with Crippen molar-refractivity contribution in [3.05, 3.63) is 59.2 Å². The lowest BCUT2D eigenvalue weighted by molar-refractivity contribution is -0.131. The molecule has 0 saturated carbocycles. The van der Waals surface area contributed by atoms with E-state index < -0.39 is 6.04 Å². The van der Waals surface area contributed by atoms with Gasteiger partial charge in [-0.25, -0.2) is 0 Å². The van der Waals surface area contributed by atoms with Crippen molar-refractivity contribution in [1.82, 2.24) is 15.5 Å². The van der Waals surface area contributed by atoms with E-state index in [4.69, 9.17) is 9.47 Å². The van der Waals surface area contributed by atoms with E-state index in [1.807, 2.05) is 75.9 Å². The van der Waals surface area contributed by atoms with E-state index in [0.717, 1.165) is 42.0 Å². The topological polar surface area (TPSA) is 97.0 Å². The van der Waals surface area contributed by atoms with Gasteiger partial charge in [-0.1, -0.05) is 45.9 Å². The number of hydrogen-bond acceptors (Lipinski definition) is 6. The van der Waals surface area contributed by atoms with Crippen molar-refractivity contribution >= 4 is 17.6 Å². The fourth-order valence-corrected chi connectivity index (χ4v) is 5.07. The number of nitrogens with one attached hydrogen (secondary N) is 2. The van der Waals surface area contributed by atoms with Gasteiger partial charge >= 0.3 is 0 Å². The van der Waals surface area contributed by atoms with Crippen LogP contribution >= 0.6 is 0 Å². The highest BCUT2D eigenvalue weighted by Gasteiger charge is 2.28. The predicted octanol–water partition coefficient (Wildman–Crippen LogP) is 4.57.